The van der Waals surface area contributed by atoms with Gasteiger partial charge in [-0.2, -0.15) is 10.2 Å². The molecule has 23 heavy (non-hydrogen) atoms. The minimum Gasteiger partial charge on any atom is -0.364 e. The number of anilines is 1. The monoisotopic (exact) mass is 316 g/mol. The second-order valence-corrected chi connectivity index (χ2v) is 5.02. The summed E-state index contributed by atoms with van der Waals surface area (Å²) in [6.45, 7) is 1.92. The lowest BCUT2D eigenvalue weighted by Crippen LogP contribution is -2.36. The van der Waals surface area contributed by atoms with Gasteiger partial charge in [0.15, 0.2) is 0 Å². The predicted octanol–water partition coefficient (Wildman–Crippen LogP) is -0.715. The zero-order valence-electron chi connectivity index (χ0n) is 12.4. The number of primary amides is 2. The molecule has 0 saturated carbocycles. The molecule has 0 aromatic heterocycles. The molecule has 0 aliphatic carbocycles. The average Bonchev–Trinajstić information content (AvgIpc) is 2.47. The summed E-state index contributed by atoms with van der Waals surface area (Å²) in [7, 11) is 0. The van der Waals surface area contributed by atoms with Crippen LogP contribution in [0.2, 0.25) is 0 Å². The van der Waals surface area contributed by atoms with E-state index in [-0.39, 0.29) is 11.8 Å². The lowest BCUT2D eigenvalue weighted by atomic mass is 9.94. The summed E-state index contributed by atoms with van der Waals surface area (Å²) in [4.78, 5) is 33.2. The van der Waals surface area contributed by atoms with Gasteiger partial charge in [0.2, 0.25) is 11.6 Å². The topological polar surface area (TPSA) is 152 Å². The number of hydrogen-bond donors (Lipinski definition) is 4. The summed E-state index contributed by atoms with van der Waals surface area (Å²) in [6.07, 6.45) is 0.379. The Kier molecular flexibility index (Phi) is 4.69. The number of nitrogens with one attached hydrogen (secondary N) is 2. The Hall–Kier alpha value is -3.23. The summed E-state index contributed by atoms with van der Waals surface area (Å²) in [6, 6.07) is 6.92. The molecule has 0 unspecified atom stereocenters. The number of amides is 3. The van der Waals surface area contributed by atoms with E-state index < -0.39 is 17.5 Å². The van der Waals surface area contributed by atoms with E-state index in [1.54, 1.807) is 24.3 Å². The molecule has 1 aliphatic heterocycles. The van der Waals surface area contributed by atoms with Gasteiger partial charge in [0, 0.05) is 12.3 Å². The number of carbonyl (C=O) groups excluding carboxylic acids is 3. The number of carbonyl (C=O) groups is 3. The molecule has 120 valence electrons. The highest BCUT2D eigenvalue weighted by Crippen LogP contribution is 2.18. The van der Waals surface area contributed by atoms with Crippen molar-refractivity contribution in [1.82, 2.24) is 5.43 Å². The first-order valence-corrected chi connectivity index (χ1v) is 6.78. The maximum absolute atomic E-state index is 11.2. The quantitative estimate of drug-likeness (QED) is 0.322. The van der Waals surface area contributed by atoms with E-state index in [1.165, 1.54) is 0 Å². The van der Waals surface area contributed by atoms with Crippen molar-refractivity contribution in [3.05, 3.63) is 29.8 Å². The zero-order chi connectivity index (χ0) is 17.0. The van der Waals surface area contributed by atoms with Crippen molar-refractivity contribution in [3.8, 4) is 0 Å². The van der Waals surface area contributed by atoms with E-state index in [2.05, 4.69) is 21.1 Å². The van der Waals surface area contributed by atoms with Crippen LogP contribution in [0.5, 0.6) is 0 Å². The van der Waals surface area contributed by atoms with E-state index in [1.807, 2.05) is 6.92 Å². The van der Waals surface area contributed by atoms with Crippen LogP contribution in [0, 0.1) is 5.92 Å². The normalized spacial score (nSPS) is 16.8. The second-order valence-electron chi connectivity index (χ2n) is 5.02. The Morgan fingerprint density at radius 3 is 2.39 bits per heavy atom. The van der Waals surface area contributed by atoms with Gasteiger partial charge in [-0.1, -0.05) is 19.1 Å². The van der Waals surface area contributed by atoms with Crippen molar-refractivity contribution >= 4 is 34.8 Å². The Balaban J connectivity index is 2.14. The molecule has 0 radical (unpaired) electrons. The maximum atomic E-state index is 11.2. The fraction of sp³-hybridized carbons (Fsp3) is 0.214. The third kappa shape index (κ3) is 3.90. The summed E-state index contributed by atoms with van der Waals surface area (Å²) in [5.74, 6) is -2.12. The summed E-state index contributed by atoms with van der Waals surface area (Å²) in [5, 5.41) is 7.65. The first-order valence-electron chi connectivity index (χ1n) is 6.78. The molecular formula is C14H16N6O3. The van der Waals surface area contributed by atoms with Crippen LogP contribution in [0.3, 0.4) is 0 Å². The maximum Gasteiger partial charge on any atom is 0.274 e. The molecule has 1 heterocycles. The summed E-state index contributed by atoms with van der Waals surface area (Å²) in [5.41, 5.74) is 16.5. The lowest BCUT2D eigenvalue weighted by molar-refractivity contribution is -0.122. The predicted molar refractivity (Wildman–Crippen MR) is 84.3 cm³/mol. The Bertz CT molecular complexity index is 692. The van der Waals surface area contributed by atoms with Crippen molar-refractivity contribution in [2.24, 2.45) is 27.6 Å². The van der Waals surface area contributed by atoms with Crippen molar-refractivity contribution < 1.29 is 14.4 Å². The van der Waals surface area contributed by atoms with E-state index in [0.29, 0.717) is 12.1 Å². The zero-order valence-corrected chi connectivity index (χ0v) is 12.4. The highest BCUT2D eigenvalue weighted by molar-refractivity contribution is 6.64. The van der Waals surface area contributed by atoms with Crippen molar-refractivity contribution in [2.45, 2.75) is 13.3 Å². The van der Waals surface area contributed by atoms with E-state index in [9.17, 15) is 14.4 Å². The summed E-state index contributed by atoms with van der Waals surface area (Å²) < 4.78 is 0. The molecular weight excluding hydrogens is 300 g/mol. The van der Waals surface area contributed by atoms with Gasteiger partial charge < -0.3 is 11.5 Å². The number of nitrogens with two attached hydrogens (primary N) is 2. The van der Waals surface area contributed by atoms with Crippen LogP contribution in [-0.4, -0.2) is 29.1 Å². The molecule has 2 rings (SSSR count). The molecule has 6 N–H and O–H groups in total. The largest absolute Gasteiger partial charge is 0.364 e. The smallest absolute Gasteiger partial charge is 0.274 e. The number of hydrogen-bond acceptors (Lipinski definition) is 6. The molecule has 0 spiro atoms. The highest BCUT2D eigenvalue weighted by Gasteiger charge is 2.21. The van der Waals surface area contributed by atoms with Crippen molar-refractivity contribution in [1.29, 1.82) is 0 Å². The molecule has 1 atom stereocenters. The third-order valence-electron chi connectivity index (χ3n) is 3.20. The number of hydrazone groups is 2. The van der Waals surface area contributed by atoms with Gasteiger partial charge in [0.1, 0.15) is 0 Å². The highest BCUT2D eigenvalue weighted by atomic mass is 16.2. The standard InChI is InChI=1S/C14H16N6O3/c1-7-6-10(21)18-19-11(7)8-2-4-9(5-3-8)17-20-12(13(15)22)14(16)23/h2-5,7,17H,6H2,1H3,(H2,15,22)(H2,16,23)(H,18,21)/t7-/m1/s1. The summed E-state index contributed by atoms with van der Waals surface area (Å²) >= 11 is 0. The van der Waals surface area contributed by atoms with Crippen LogP contribution in [-0.2, 0) is 14.4 Å². The van der Waals surface area contributed by atoms with E-state index >= 15 is 0 Å². The molecule has 3 amide bonds. The van der Waals surface area contributed by atoms with Gasteiger partial charge >= 0.3 is 0 Å². The van der Waals surface area contributed by atoms with Gasteiger partial charge in [0.05, 0.1) is 11.4 Å². The van der Waals surface area contributed by atoms with Gasteiger partial charge in [0.25, 0.3) is 11.8 Å². The number of nitrogens with zero attached hydrogens (tertiary/aromatic N) is 2. The van der Waals surface area contributed by atoms with E-state index in [0.717, 1.165) is 11.3 Å². The van der Waals surface area contributed by atoms with Gasteiger partial charge in [-0.3, -0.25) is 19.8 Å². The average molecular weight is 316 g/mol. The molecule has 9 nitrogen and oxygen atoms in total. The molecule has 0 fully saturated rings. The minimum atomic E-state index is -1.01. The molecule has 1 aromatic carbocycles. The van der Waals surface area contributed by atoms with Gasteiger partial charge in [-0.25, -0.2) is 5.43 Å². The fourth-order valence-electron chi connectivity index (χ4n) is 2.07. The van der Waals surface area contributed by atoms with Crippen LogP contribution < -0.4 is 22.3 Å². The van der Waals surface area contributed by atoms with Crippen LogP contribution in [0.25, 0.3) is 0 Å². The molecule has 9 heteroatoms. The lowest BCUT2D eigenvalue weighted by Gasteiger charge is -2.19. The fourth-order valence-corrected chi connectivity index (χ4v) is 2.07. The second kappa shape index (κ2) is 6.69. The molecule has 1 aromatic rings. The molecule has 1 aliphatic rings. The first-order chi connectivity index (χ1) is 10.9. The van der Waals surface area contributed by atoms with Crippen LogP contribution in [0.4, 0.5) is 5.69 Å². The van der Waals surface area contributed by atoms with Gasteiger partial charge in [-0.05, 0) is 17.7 Å². The van der Waals surface area contributed by atoms with Crippen molar-refractivity contribution in [3.63, 3.8) is 0 Å². The van der Waals surface area contributed by atoms with Crippen LogP contribution >= 0.6 is 0 Å². The first kappa shape index (κ1) is 16.1. The molecule has 0 saturated heterocycles. The van der Waals surface area contributed by atoms with Crippen molar-refractivity contribution in [2.75, 3.05) is 5.43 Å². The van der Waals surface area contributed by atoms with E-state index in [4.69, 9.17) is 11.5 Å². The number of rotatable bonds is 5. The Morgan fingerprint density at radius 2 is 1.87 bits per heavy atom. The SMILES string of the molecule is C[C@@H]1CC(=O)NN=C1c1ccc(NN=C(C(N)=O)C(N)=O)cc1. The Morgan fingerprint density at radius 1 is 1.26 bits per heavy atom. The van der Waals surface area contributed by atoms with Crippen LogP contribution in [0.1, 0.15) is 18.9 Å². The minimum absolute atomic E-state index is 0.0110. The van der Waals surface area contributed by atoms with Crippen LogP contribution in [0.15, 0.2) is 34.5 Å². The third-order valence-corrected chi connectivity index (χ3v) is 3.20. The van der Waals surface area contributed by atoms with Gasteiger partial charge in [-0.15, -0.1) is 0 Å². The molecule has 0 bridgehead atoms. The number of benzene rings is 1. The Labute approximate surface area is 131 Å².